The summed E-state index contributed by atoms with van der Waals surface area (Å²) in [6, 6.07) is 8.40. The predicted molar refractivity (Wildman–Crippen MR) is 73.4 cm³/mol. The van der Waals surface area contributed by atoms with Crippen LogP contribution in [0, 0.1) is 0 Å². The molecule has 2 nitrogen and oxygen atoms in total. The molecule has 0 fully saturated rings. The second-order valence-corrected chi connectivity index (χ2v) is 4.54. The molecule has 0 bridgehead atoms. The van der Waals surface area contributed by atoms with E-state index in [0.717, 1.165) is 25.3 Å². The highest BCUT2D eigenvalue weighted by atomic mass is 16.5. The van der Waals surface area contributed by atoms with Crippen LogP contribution in [-0.2, 0) is 6.54 Å². The van der Waals surface area contributed by atoms with Crippen LogP contribution in [-0.4, -0.2) is 12.6 Å². The normalized spacial score (nSPS) is 12.4. The molecule has 1 unspecified atom stereocenters. The fourth-order valence-corrected chi connectivity index (χ4v) is 1.79. The minimum Gasteiger partial charge on any atom is -0.491 e. The van der Waals surface area contributed by atoms with Crippen molar-refractivity contribution in [3.63, 3.8) is 0 Å². The van der Waals surface area contributed by atoms with E-state index in [2.05, 4.69) is 50.4 Å². The molecule has 1 aromatic carbocycles. The Hall–Kier alpha value is -1.02. The Kier molecular flexibility index (Phi) is 6.71. The fourth-order valence-electron chi connectivity index (χ4n) is 1.79. The SMILES string of the molecule is CCCNCc1ccc(OC(C)CCC)cc1. The van der Waals surface area contributed by atoms with Crippen LogP contribution < -0.4 is 10.1 Å². The highest BCUT2D eigenvalue weighted by Gasteiger charge is 2.02. The summed E-state index contributed by atoms with van der Waals surface area (Å²) in [6.07, 6.45) is 3.76. The van der Waals surface area contributed by atoms with E-state index in [1.165, 1.54) is 18.4 Å². The van der Waals surface area contributed by atoms with Gasteiger partial charge in [0.15, 0.2) is 0 Å². The summed E-state index contributed by atoms with van der Waals surface area (Å²) in [5.74, 6) is 0.977. The zero-order valence-corrected chi connectivity index (χ0v) is 11.3. The van der Waals surface area contributed by atoms with Crippen molar-refractivity contribution >= 4 is 0 Å². The maximum Gasteiger partial charge on any atom is 0.119 e. The molecule has 1 rings (SSSR count). The summed E-state index contributed by atoms with van der Waals surface area (Å²) < 4.78 is 5.81. The molecule has 0 amide bonds. The molecule has 0 aliphatic heterocycles. The van der Waals surface area contributed by atoms with Gasteiger partial charge in [-0.05, 0) is 44.0 Å². The molecule has 0 aliphatic rings. The summed E-state index contributed by atoms with van der Waals surface area (Å²) in [6.45, 7) is 8.51. The average Bonchev–Trinajstić information content (AvgIpc) is 2.32. The van der Waals surface area contributed by atoms with Crippen LogP contribution in [0.3, 0.4) is 0 Å². The van der Waals surface area contributed by atoms with E-state index in [9.17, 15) is 0 Å². The van der Waals surface area contributed by atoms with Crippen molar-refractivity contribution in [3.05, 3.63) is 29.8 Å². The molecule has 1 N–H and O–H groups in total. The average molecular weight is 235 g/mol. The molecule has 1 aromatic rings. The van der Waals surface area contributed by atoms with Gasteiger partial charge < -0.3 is 10.1 Å². The van der Waals surface area contributed by atoms with Crippen LogP contribution in [0.25, 0.3) is 0 Å². The lowest BCUT2D eigenvalue weighted by atomic mass is 10.2. The first-order valence-corrected chi connectivity index (χ1v) is 6.72. The Morgan fingerprint density at radius 2 is 1.82 bits per heavy atom. The minimum absolute atomic E-state index is 0.309. The zero-order valence-electron chi connectivity index (χ0n) is 11.3. The van der Waals surface area contributed by atoms with E-state index in [0.29, 0.717) is 6.10 Å². The highest BCUT2D eigenvalue weighted by molar-refractivity contribution is 5.27. The van der Waals surface area contributed by atoms with Gasteiger partial charge >= 0.3 is 0 Å². The molecule has 0 aliphatic carbocycles. The van der Waals surface area contributed by atoms with Gasteiger partial charge in [-0.25, -0.2) is 0 Å². The van der Waals surface area contributed by atoms with Gasteiger partial charge in [0.1, 0.15) is 5.75 Å². The third-order valence-corrected chi connectivity index (χ3v) is 2.71. The predicted octanol–water partition coefficient (Wildman–Crippen LogP) is 3.75. The lowest BCUT2D eigenvalue weighted by Gasteiger charge is -2.14. The quantitative estimate of drug-likeness (QED) is 0.693. The van der Waals surface area contributed by atoms with Crippen LogP contribution in [0.4, 0.5) is 0 Å². The molecule has 0 saturated carbocycles. The van der Waals surface area contributed by atoms with E-state index in [-0.39, 0.29) is 0 Å². The van der Waals surface area contributed by atoms with E-state index in [1.54, 1.807) is 0 Å². The number of ether oxygens (including phenoxy) is 1. The van der Waals surface area contributed by atoms with Crippen molar-refractivity contribution in [2.75, 3.05) is 6.54 Å². The van der Waals surface area contributed by atoms with Crippen molar-refractivity contribution in [3.8, 4) is 5.75 Å². The largest absolute Gasteiger partial charge is 0.491 e. The first-order valence-electron chi connectivity index (χ1n) is 6.72. The molecular formula is C15H25NO. The van der Waals surface area contributed by atoms with Crippen LogP contribution in [0.15, 0.2) is 24.3 Å². The van der Waals surface area contributed by atoms with Crippen molar-refractivity contribution in [1.29, 1.82) is 0 Å². The van der Waals surface area contributed by atoms with E-state index < -0.39 is 0 Å². The first kappa shape index (κ1) is 14.0. The van der Waals surface area contributed by atoms with Gasteiger partial charge in [-0.2, -0.15) is 0 Å². The molecule has 96 valence electrons. The topological polar surface area (TPSA) is 21.3 Å². The minimum atomic E-state index is 0.309. The molecule has 0 spiro atoms. The molecule has 1 atom stereocenters. The number of rotatable bonds is 8. The Morgan fingerprint density at radius 3 is 2.41 bits per heavy atom. The van der Waals surface area contributed by atoms with Gasteiger partial charge in [0, 0.05) is 6.54 Å². The molecular weight excluding hydrogens is 210 g/mol. The van der Waals surface area contributed by atoms with E-state index >= 15 is 0 Å². The van der Waals surface area contributed by atoms with Gasteiger partial charge in [0.2, 0.25) is 0 Å². The van der Waals surface area contributed by atoms with Gasteiger partial charge in [-0.3, -0.25) is 0 Å². The second kappa shape index (κ2) is 8.13. The van der Waals surface area contributed by atoms with E-state index in [4.69, 9.17) is 4.74 Å². The molecule has 0 saturated heterocycles. The Balaban J connectivity index is 2.39. The number of benzene rings is 1. The smallest absolute Gasteiger partial charge is 0.119 e. The van der Waals surface area contributed by atoms with Crippen LogP contribution in [0.2, 0.25) is 0 Å². The Morgan fingerprint density at radius 1 is 1.12 bits per heavy atom. The molecule has 17 heavy (non-hydrogen) atoms. The highest BCUT2D eigenvalue weighted by Crippen LogP contribution is 2.15. The Labute approximate surface area is 105 Å². The molecule has 0 aromatic heterocycles. The number of hydrogen-bond acceptors (Lipinski definition) is 2. The Bertz CT molecular complexity index is 294. The van der Waals surface area contributed by atoms with Crippen LogP contribution in [0.5, 0.6) is 5.75 Å². The molecule has 0 radical (unpaired) electrons. The number of nitrogens with one attached hydrogen (secondary N) is 1. The first-order chi connectivity index (χ1) is 8.26. The van der Waals surface area contributed by atoms with Crippen molar-refractivity contribution in [1.82, 2.24) is 5.32 Å². The van der Waals surface area contributed by atoms with Gasteiger partial charge in [-0.15, -0.1) is 0 Å². The fraction of sp³-hybridized carbons (Fsp3) is 0.600. The van der Waals surface area contributed by atoms with Gasteiger partial charge in [-0.1, -0.05) is 32.4 Å². The van der Waals surface area contributed by atoms with Crippen molar-refractivity contribution < 1.29 is 4.74 Å². The lowest BCUT2D eigenvalue weighted by Crippen LogP contribution is -2.14. The second-order valence-electron chi connectivity index (χ2n) is 4.54. The van der Waals surface area contributed by atoms with E-state index in [1.807, 2.05) is 0 Å². The van der Waals surface area contributed by atoms with Crippen LogP contribution >= 0.6 is 0 Å². The summed E-state index contributed by atoms with van der Waals surface area (Å²) in [5, 5.41) is 3.39. The number of hydrogen-bond donors (Lipinski definition) is 1. The third-order valence-electron chi connectivity index (χ3n) is 2.71. The molecule has 2 heteroatoms. The van der Waals surface area contributed by atoms with Gasteiger partial charge in [0.25, 0.3) is 0 Å². The zero-order chi connectivity index (χ0) is 12.5. The van der Waals surface area contributed by atoms with Crippen molar-refractivity contribution in [2.45, 2.75) is 52.7 Å². The van der Waals surface area contributed by atoms with Crippen LogP contribution in [0.1, 0.15) is 45.6 Å². The molecule has 0 heterocycles. The summed E-state index contributed by atoms with van der Waals surface area (Å²) in [4.78, 5) is 0. The summed E-state index contributed by atoms with van der Waals surface area (Å²) >= 11 is 0. The monoisotopic (exact) mass is 235 g/mol. The summed E-state index contributed by atoms with van der Waals surface area (Å²) in [7, 11) is 0. The van der Waals surface area contributed by atoms with Crippen molar-refractivity contribution in [2.24, 2.45) is 0 Å². The maximum absolute atomic E-state index is 5.81. The third kappa shape index (κ3) is 5.73. The summed E-state index contributed by atoms with van der Waals surface area (Å²) in [5.41, 5.74) is 1.31. The lowest BCUT2D eigenvalue weighted by molar-refractivity contribution is 0.210. The standard InChI is InChI=1S/C15H25NO/c1-4-6-13(3)17-15-9-7-14(8-10-15)12-16-11-5-2/h7-10,13,16H,4-6,11-12H2,1-3H3. The van der Waals surface area contributed by atoms with Gasteiger partial charge in [0.05, 0.1) is 6.10 Å². The maximum atomic E-state index is 5.81.